The highest BCUT2D eigenvalue weighted by molar-refractivity contribution is 6.06. The van der Waals surface area contributed by atoms with Gasteiger partial charge in [0, 0.05) is 27.5 Å². The van der Waals surface area contributed by atoms with Crippen molar-refractivity contribution in [3.05, 3.63) is 241 Å². The van der Waals surface area contributed by atoms with Gasteiger partial charge in [0.15, 0.2) is 5.82 Å². The molecule has 11 aromatic rings. The minimum Gasteiger partial charge on any atom is -0.456 e. The second kappa shape index (κ2) is 13.6. The van der Waals surface area contributed by atoms with Crippen molar-refractivity contribution in [1.82, 2.24) is 9.97 Å². The molecule has 60 heavy (non-hydrogen) atoms. The van der Waals surface area contributed by atoms with E-state index >= 15 is 0 Å². The monoisotopic (exact) mass is 764 g/mol. The normalized spacial score (nSPS) is 12.8. The Morgan fingerprint density at radius 1 is 0.333 bits per heavy atom. The summed E-state index contributed by atoms with van der Waals surface area (Å²) < 4.78 is 6.24. The molecule has 1 aliphatic carbocycles. The van der Waals surface area contributed by atoms with Crippen LogP contribution in [0.15, 0.2) is 223 Å². The molecule has 0 spiro atoms. The molecule has 0 aliphatic heterocycles. The first-order chi connectivity index (χ1) is 29.7. The van der Waals surface area contributed by atoms with Gasteiger partial charge in [-0.25, -0.2) is 9.97 Å². The Balaban J connectivity index is 1.04. The minimum atomic E-state index is -0.514. The van der Waals surface area contributed by atoms with E-state index in [2.05, 4.69) is 206 Å². The van der Waals surface area contributed by atoms with Gasteiger partial charge in [0.25, 0.3) is 0 Å². The zero-order valence-corrected chi connectivity index (χ0v) is 32.6. The predicted octanol–water partition coefficient (Wildman–Crippen LogP) is 14.6. The van der Waals surface area contributed by atoms with Crippen molar-refractivity contribution in [2.75, 3.05) is 0 Å². The van der Waals surface area contributed by atoms with E-state index in [1.807, 2.05) is 12.1 Å². The topological polar surface area (TPSA) is 38.9 Å². The Morgan fingerprint density at radius 2 is 0.900 bits per heavy atom. The summed E-state index contributed by atoms with van der Waals surface area (Å²) in [6, 6.07) is 78.1. The van der Waals surface area contributed by atoms with Gasteiger partial charge in [0.05, 0.1) is 16.8 Å². The number of benzene rings is 9. The number of rotatable bonds is 6. The van der Waals surface area contributed by atoms with Crippen LogP contribution in [0.4, 0.5) is 0 Å². The number of fused-ring (bicyclic) bond motifs is 7. The van der Waals surface area contributed by atoms with Crippen LogP contribution in [0, 0.1) is 0 Å². The van der Waals surface area contributed by atoms with Crippen molar-refractivity contribution in [3.63, 3.8) is 0 Å². The summed E-state index contributed by atoms with van der Waals surface area (Å²) in [5.74, 6) is 0.694. The zero-order chi connectivity index (χ0) is 39.6. The van der Waals surface area contributed by atoms with E-state index in [9.17, 15) is 0 Å². The number of hydrogen-bond acceptors (Lipinski definition) is 3. The van der Waals surface area contributed by atoms with Crippen LogP contribution in [0.25, 0.3) is 88.9 Å². The summed E-state index contributed by atoms with van der Waals surface area (Å²) in [6.07, 6.45) is 0. The van der Waals surface area contributed by atoms with Crippen molar-refractivity contribution < 1.29 is 4.42 Å². The number of furan rings is 1. The molecule has 280 valence electrons. The zero-order valence-electron chi connectivity index (χ0n) is 32.6. The molecule has 2 heterocycles. The fourth-order valence-electron chi connectivity index (χ4n) is 9.63. The molecule has 9 aromatic carbocycles. The van der Waals surface area contributed by atoms with Crippen molar-refractivity contribution in [1.29, 1.82) is 0 Å². The van der Waals surface area contributed by atoms with Gasteiger partial charge in [0.1, 0.15) is 11.2 Å². The first-order valence-corrected chi connectivity index (χ1v) is 20.5. The van der Waals surface area contributed by atoms with Crippen LogP contribution in [0.1, 0.15) is 22.3 Å². The average molecular weight is 765 g/mol. The average Bonchev–Trinajstić information content (AvgIpc) is 3.85. The first-order valence-electron chi connectivity index (χ1n) is 20.5. The molecule has 0 N–H and O–H groups in total. The molecule has 3 heteroatoms. The third-order valence-corrected chi connectivity index (χ3v) is 12.4. The molecule has 12 rings (SSSR count). The van der Waals surface area contributed by atoms with Gasteiger partial charge in [-0.1, -0.05) is 188 Å². The van der Waals surface area contributed by atoms with Crippen LogP contribution < -0.4 is 0 Å². The highest BCUT2D eigenvalue weighted by atomic mass is 16.3. The Kier molecular flexibility index (Phi) is 7.76. The number of para-hydroxylation sites is 1. The Morgan fingerprint density at radius 3 is 1.70 bits per heavy atom. The van der Waals surface area contributed by atoms with E-state index in [0.717, 1.165) is 71.9 Å². The lowest BCUT2D eigenvalue weighted by Gasteiger charge is -2.34. The molecule has 1 aliphatic rings. The number of nitrogens with zero attached hydrogens (tertiary/aromatic N) is 2. The van der Waals surface area contributed by atoms with Crippen molar-refractivity contribution in [2.45, 2.75) is 5.41 Å². The van der Waals surface area contributed by atoms with Gasteiger partial charge >= 0.3 is 0 Å². The maximum atomic E-state index is 6.24. The molecule has 0 radical (unpaired) electrons. The predicted molar refractivity (Wildman–Crippen MR) is 246 cm³/mol. The van der Waals surface area contributed by atoms with Gasteiger partial charge in [0.2, 0.25) is 0 Å². The van der Waals surface area contributed by atoms with Gasteiger partial charge in [-0.3, -0.25) is 0 Å². The van der Waals surface area contributed by atoms with E-state index in [4.69, 9.17) is 14.4 Å². The maximum Gasteiger partial charge on any atom is 0.161 e. The summed E-state index contributed by atoms with van der Waals surface area (Å²) in [5, 5.41) is 4.54. The van der Waals surface area contributed by atoms with Crippen molar-refractivity contribution in [3.8, 4) is 56.2 Å². The fourth-order valence-corrected chi connectivity index (χ4v) is 9.63. The first kappa shape index (κ1) is 34.2. The molecular weight excluding hydrogens is 729 g/mol. The summed E-state index contributed by atoms with van der Waals surface area (Å²) in [5.41, 5.74) is 15.8. The third kappa shape index (κ3) is 5.30. The smallest absolute Gasteiger partial charge is 0.161 e. The largest absolute Gasteiger partial charge is 0.456 e. The molecule has 0 bridgehead atoms. The van der Waals surface area contributed by atoms with Gasteiger partial charge in [-0.2, -0.15) is 0 Å². The Labute approximate surface area is 347 Å². The van der Waals surface area contributed by atoms with Crippen molar-refractivity contribution >= 4 is 32.7 Å². The standard InChI is InChI=1S/C57H36N2O/c1-3-16-42(17-4-1)57(43-18-5-2-6-19-43)50-24-11-9-21-45(50)46-32-31-41(34-51(46)57)53-36-52(58-56(59-53)49-23-13-15-38-14-7-8-20-44(38)49)39-28-26-37(27-29-39)40-30-33-48-47-22-10-12-25-54(47)60-55(48)35-40/h1-36H. The summed E-state index contributed by atoms with van der Waals surface area (Å²) in [6.45, 7) is 0. The van der Waals surface area contributed by atoms with Crippen LogP contribution in [0.5, 0.6) is 0 Å². The fraction of sp³-hybridized carbons (Fsp3) is 0.0175. The van der Waals surface area contributed by atoms with E-state index in [1.165, 1.54) is 33.4 Å². The lowest BCUT2D eigenvalue weighted by atomic mass is 9.67. The summed E-state index contributed by atoms with van der Waals surface area (Å²) in [7, 11) is 0. The molecule has 0 atom stereocenters. The third-order valence-electron chi connectivity index (χ3n) is 12.4. The van der Waals surface area contributed by atoms with E-state index < -0.39 is 5.41 Å². The molecule has 2 aromatic heterocycles. The quantitative estimate of drug-likeness (QED) is 0.169. The lowest BCUT2D eigenvalue weighted by Crippen LogP contribution is -2.28. The molecule has 0 amide bonds. The second-order valence-electron chi connectivity index (χ2n) is 15.7. The van der Waals surface area contributed by atoms with E-state index in [1.54, 1.807) is 0 Å². The van der Waals surface area contributed by atoms with Crippen molar-refractivity contribution in [2.24, 2.45) is 0 Å². The summed E-state index contributed by atoms with van der Waals surface area (Å²) >= 11 is 0. The van der Waals surface area contributed by atoms with E-state index in [-0.39, 0.29) is 0 Å². The van der Waals surface area contributed by atoms with Gasteiger partial charge in [-0.15, -0.1) is 0 Å². The molecule has 0 saturated heterocycles. The molecule has 0 fully saturated rings. The Hall–Kier alpha value is -7.88. The van der Waals surface area contributed by atoms with E-state index in [0.29, 0.717) is 5.82 Å². The van der Waals surface area contributed by atoms with Crippen LogP contribution >= 0.6 is 0 Å². The second-order valence-corrected chi connectivity index (χ2v) is 15.7. The summed E-state index contributed by atoms with van der Waals surface area (Å²) in [4.78, 5) is 10.7. The highest BCUT2D eigenvalue weighted by Crippen LogP contribution is 2.56. The van der Waals surface area contributed by atoms with Crippen LogP contribution in [-0.2, 0) is 5.41 Å². The number of aromatic nitrogens is 2. The molecule has 0 saturated carbocycles. The maximum absolute atomic E-state index is 6.24. The van der Waals surface area contributed by atoms with Gasteiger partial charge < -0.3 is 4.42 Å². The van der Waals surface area contributed by atoms with Gasteiger partial charge in [-0.05, 0) is 85.6 Å². The minimum absolute atomic E-state index is 0.514. The van der Waals surface area contributed by atoms with Crippen LogP contribution in [-0.4, -0.2) is 9.97 Å². The number of hydrogen-bond donors (Lipinski definition) is 0. The molecule has 3 nitrogen and oxygen atoms in total. The van der Waals surface area contributed by atoms with Crippen LogP contribution in [0.3, 0.4) is 0 Å². The lowest BCUT2D eigenvalue weighted by molar-refractivity contribution is 0.669. The molecular formula is C57H36N2O. The Bertz CT molecular complexity index is 3380. The van der Waals surface area contributed by atoms with Crippen LogP contribution in [0.2, 0.25) is 0 Å². The molecule has 0 unspecified atom stereocenters. The highest BCUT2D eigenvalue weighted by Gasteiger charge is 2.46. The SMILES string of the molecule is c1ccc(C2(c3ccccc3)c3ccccc3-c3ccc(-c4cc(-c5ccc(-c6ccc7c(c6)oc6ccccc67)cc5)nc(-c5cccc6ccccc56)n4)cc32)cc1.